The van der Waals surface area contributed by atoms with Crippen molar-refractivity contribution >= 4 is 17.6 Å². The fourth-order valence-electron chi connectivity index (χ4n) is 3.22. The lowest BCUT2D eigenvalue weighted by Crippen LogP contribution is -2.50. The van der Waals surface area contributed by atoms with Gasteiger partial charge in [-0.25, -0.2) is 0 Å². The largest absolute Gasteiger partial charge is 0.548 e. The van der Waals surface area contributed by atoms with Gasteiger partial charge in [-0.05, 0) is 23.1 Å². The summed E-state index contributed by atoms with van der Waals surface area (Å²) >= 11 is 0. The third-order valence-electron chi connectivity index (χ3n) is 4.72. The van der Waals surface area contributed by atoms with Gasteiger partial charge in [0.25, 0.3) is 5.69 Å². The van der Waals surface area contributed by atoms with Gasteiger partial charge < -0.3 is 15.2 Å². The Morgan fingerprint density at radius 2 is 1.33 bits per heavy atom. The van der Waals surface area contributed by atoms with Crippen LogP contribution in [0.2, 0.25) is 0 Å². The van der Waals surface area contributed by atoms with Crippen LogP contribution in [-0.4, -0.2) is 22.8 Å². The Balaban J connectivity index is 1.83. The molecule has 0 saturated carbocycles. The molecule has 0 aliphatic carbocycles. The Kier molecular flexibility index (Phi) is 6.54. The number of nitrogens with zero attached hydrogens (tertiary/aromatic N) is 1. The highest BCUT2D eigenvalue weighted by Gasteiger charge is 2.25. The molecule has 30 heavy (non-hydrogen) atoms. The average molecular weight is 403 g/mol. The van der Waals surface area contributed by atoms with E-state index in [2.05, 4.69) is 5.32 Å². The molecule has 0 heterocycles. The van der Waals surface area contributed by atoms with Crippen LogP contribution >= 0.6 is 0 Å². The van der Waals surface area contributed by atoms with E-state index in [-0.39, 0.29) is 12.1 Å². The number of nitrogens with one attached hydrogen (secondary N) is 1. The molecule has 0 aliphatic rings. The molecule has 7 heteroatoms. The van der Waals surface area contributed by atoms with Gasteiger partial charge in [-0.2, -0.15) is 0 Å². The maximum atomic E-state index is 13.1. The number of carbonyl (C=O) groups excluding carboxylic acids is 2. The van der Waals surface area contributed by atoms with Gasteiger partial charge in [-0.3, -0.25) is 14.9 Å². The quantitative estimate of drug-likeness (QED) is 0.458. The Morgan fingerprint density at radius 3 is 1.77 bits per heavy atom. The van der Waals surface area contributed by atoms with Gasteiger partial charge in [-0.1, -0.05) is 72.8 Å². The lowest BCUT2D eigenvalue weighted by molar-refractivity contribution is -0.384. The molecule has 0 fully saturated rings. The van der Waals surface area contributed by atoms with Crippen molar-refractivity contribution in [3.05, 3.63) is 112 Å². The minimum absolute atomic E-state index is 0.0532. The van der Waals surface area contributed by atoms with Gasteiger partial charge in [0.15, 0.2) is 0 Å². The van der Waals surface area contributed by atoms with Gasteiger partial charge in [0, 0.05) is 12.1 Å². The van der Waals surface area contributed by atoms with Crippen molar-refractivity contribution in [1.82, 2.24) is 5.32 Å². The highest BCUT2D eigenvalue weighted by Crippen LogP contribution is 2.25. The molecule has 1 amide bonds. The summed E-state index contributed by atoms with van der Waals surface area (Å²) < 4.78 is 0. The van der Waals surface area contributed by atoms with Crippen LogP contribution in [0.3, 0.4) is 0 Å². The molecule has 0 bridgehead atoms. The number of rotatable bonds is 8. The first-order valence-corrected chi connectivity index (χ1v) is 9.30. The highest BCUT2D eigenvalue weighted by atomic mass is 16.6. The molecule has 0 aromatic heterocycles. The van der Waals surface area contributed by atoms with Crippen LogP contribution in [0, 0.1) is 10.1 Å². The molecular weight excluding hydrogens is 384 g/mol. The number of amides is 1. The minimum Gasteiger partial charge on any atom is -0.548 e. The number of nitro benzene ring substituents is 1. The summed E-state index contributed by atoms with van der Waals surface area (Å²) in [6.45, 7) is 0. The van der Waals surface area contributed by atoms with Crippen LogP contribution in [0.1, 0.15) is 22.6 Å². The van der Waals surface area contributed by atoms with Gasteiger partial charge in [-0.15, -0.1) is 0 Å². The number of carboxylic acid groups (broad SMARTS) is 1. The first-order valence-electron chi connectivity index (χ1n) is 9.30. The summed E-state index contributed by atoms with van der Waals surface area (Å²) in [5.74, 6) is -2.59. The number of carbonyl (C=O) groups is 2. The van der Waals surface area contributed by atoms with Gasteiger partial charge in [0.05, 0.1) is 22.9 Å². The maximum absolute atomic E-state index is 13.1. The lowest BCUT2D eigenvalue weighted by Gasteiger charge is -2.24. The van der Waals surface area contributed by atoms with Crippen molar-refractivity contribution in [3.8, 4) is 0 Å². The molecule has 1 N–H and O–H groups in total. The normalized spacial score (nSPS) is 11.6. The van der Waals surface area contributed by atoms with E-state index in [0.29, 0.717) is 5.56 Å². The summed E-state index contributed by atoms with van der Waals surface area (Å²) in [5.41, 5.74) is 1.90. The van der Waals surface area contributed by atoms with E-state index in [4.69, 9.17) is 0 Å². The monoisotopic (exact) mass is 403 g/mol. The topological polar surface area (TPSA) is 112 Å². The molecule has 1 atom stereocenters. The smallest absolute Gasteiger partial charge is 0.269 e. The second-order valence-corrected chi connectivity index (χ2v) is 6.76. The van der Waals surface area contributed by atoms with Crippen molar-refractivity contribution in [3.63, 3.8) is 0 Å². The van der Waals surface area contributed by atoms with E-state index in [1.165, 1.54) is 24.3 Å². The summed E-state index contributed by atoms with van der Waals surface area (Å²) in [6.07, 6.45) is -0.0532. The van der Waals surface area contributed by atoms with Gasteiger partial charge >= 0.3 is 0 Å². The van der Waals surface area contributed by atoms with Crippen molar-refractivity contribution in [2.75, 3.05) is 0 Å². The fourth-order valence-corrected chi connectivity index (χ4v) is 3.22. The third kappa shape index (κ3) is 5.08. The molecule has 0 aliphatic heterocycles. The zero-order valence-electron chi connectivity index (χ0n) is 15.9. The Morgan fingerprint density at radius 1 is 0.833 bits per heavy atom. The summed E-state index contributed by atoms with van der Waals surface area (Å²) in [6, 6.07) is 22.4. The third-order valence-corrected chi connectivity index (χ3v) is 4.72. The summed E-state index contributed by atoms with van der Waals surface area (Å²) in [4.78, 5) is 35.0. The molecule has 3 aromatic carbocycles. The molecule has 0 unspecified atom stereocenters. The zero-order valence-corrected chi connectivity index (χ0v) is 15.9. The van der Waals surface area contributed by atoms with E-state index in [1.807, 2.05) is 60.7 Å². The number of hydrogen-bond acceptors (Lipinski definition) is 5. The number of non-ortho nitro benzene ring substituents is 1. The average Bonchev–Trinajstić information content (AvgIpc) is 2.75. The van der Waals surface area contributed by atoms with E-state index in [9.17, 15) is 24.8 Å². The summed E-state index contributed by atoms with van der Waals surface area (Å²) in [5, 5.41) is 25.0. The first-order chi connectivity index (χ1) is 14.5. The fraction of sp³-hybridized carbons (Fsp3) is 0.130. The van der Waals surface area contributed by atoms with Crippen molar-refractivity contribution < 1.29 is 19.6 Å². The number of nitro groups is 1. The highest BCUT2D eigenvalue weighted by molar-refractivity contribution is 5.90. The van der Waals surface area contributed by atoms with E-state index in [0.717, 1.165) is 11.1 Å². The molecule has 3 rings (SSSR count). The van der Waals surface area contributed by atoms with Crippen LogP contribution in [0.4, 0.5) is 5.69 Å². The zero-order chi connectivity index (χ0) is 21.5. The molecule has 0 spiro atoms. The van der Waals surface area contributed by atoms with E-state index < -0.39 is 28.8 Å². The summed E-state index contributed by atoms with van der Waals surface area (Å²) in [7, 11) is 0. The molecular formula is C23H19N2O5-. The standard InChI is InChI=1S/C23H20N2O5/c26-22(21(17-7-3-1-4-8-17)18-9-5-2-6-10-18)24-20(23(27)28)15-16-11-13-19(14-12-16)25(29)30/h1-14,20-21H,15H2,(H,24,26)(H,27,28)/p-1/t20-/m1/s1. The molecule has 152 valence electrons. The predicted molar refractivity (Wildman–Crippen MR) is 108 cm³/mol. The predicted octanol–water partition coefficient (Wildman–Crippen LogP) is 2.20. The molecule has 0 radical (unpaired) electrons. The van der Waals surface area contributed by atoms with Crippen molar-refractivity contribution in [2.45, 2.75) is 18.4 Å². The Hall–Kier alpha value is -4.00. The number of aliphatic carboxylic acids is 1. The van der Waals surface area contributed by atoms with Crippen LogP contribution in [0.25, 0.3) is 0 Å². The molecule has 3 aromatic rings. The first kappa shape index (κ1) is 20.7. The maximum Gasteiger partial charge on any atom is 0.269 e. The second kappa shape index (κ2) is 9.47. The van der Waals surface area contributed by atoms with Crippen molar-refractivity contribution in [2.24, 2.45) is 0 Å². The molecule has 7 nitrogen and oxygen atoms in total. The lowest BCUT2D eigenvalue weighted by atomic mass is 9.90. The number of carboxylic acids is 1. The van der Waals surface area contributed by atoms with Crippen LogP contribution in [0.15, 0.2) is 84.9 Å². The SMILES string of the molecule is O=C(N[C@H](Cc1ccc([N+](=O)[O-])cc1)C(=O)[O-])C(c1ccccc1)c1ccccc1. The van der Waals surface area contributed by atoms with E-state index in [1.54, 1.807) is 0 Å². The molecule has 0 saturated heterocycles. The van der Waals surface area contributed by atoms with Gasteiger partial charge in [0.2, 0.25) is 5.91 Å². The minimum atomic E-state index is -1.43. The van der Waals surface area contributed by atoms with Gasteiger partial charge in [0.1, 0.15) is 0 Å². The van der Waals surface area contributed by atoms with E-state index >= 15 is 0 Å². The number of benzene rings is 3. The Bertz CT molecular complexity index is 981. The van der Waals surface area contributed by atoms with Crippen LogP contribution in [0.5, 0.6) is 0 Å². The van der Waals surface area contributed by atoms with Crippen LogP contribution in [-0.2, 0) is 16.0 Å². The number of hydrogen-bond donors (Lipinski definition) is 1. The van der Waals surface area contributed by atoms with Crippen LogP contribution < -0.4 is 10.4 Å². The van der Waals surface area contributed by atoms with Crippen molar-refractivity contribution in [1.29, 1.82) is 0 Å². The second-order valence-electron chi connectivity index (χ2n) is 6.76. The Labute approximate surface area is 173 Å².